The molecule has 1 atom stereocenters. The second-order valence-electron chi connectivity index (χ2n) is 3.91. The van der Waals surface area contributed by atoms with Gasteiger partial charge in [-0.3, -0.25) is 4.79 Å². The number of benzene rings is 1. The quantitative estimate of drug-likeness (QED) is 0.593. The Labute approximate surface area is 115 Å². The molecule has 1 aromatic carbocycles. The molecule has 0 radical (unpaired) electrons. The van der Waals surface area contributed by atoms with Gasteiger partial charge in [-0.1, -0.05) is 0 Å². The summed E-state index contributed by atoms with van der Waals surface area (Å²) in [4.78, 5) is 32.8. The summed E-state index contributed by atoms with van der Waals surface area (Å²) in [5.74, 6) is -6.64. The van der Waals surface area contributed by atoms with E-state index in [0.717, 1.165) is 0 Å². The zero-order valence-electron chi connectivity index (χ0n) is 10.3. The predicted octanol–water partition coefficient (Wildman–Crippen LogP) is 0.554. The number of primary amides is 1. The molecule has 0 aliphatic heterocycles. The summed E-state index contributed by atoms with van der Waals surface area (Å²) in [6.45, 7) is 0. The first-order chi connectivity index (χ1) is 9.70. The fourth-order valence-electron chi connectivity index (χ4n) is 1.34. The van der Waals surface area contributed by atoms with E-state index in [-0.39, 0.29) is 6.07 Å². The standard InChI is InChI=1S/C11H10F3N3O4/c12-4-1-6(14)7(2-5(4)13)16-11(21)17-8(10(19)20)3-9(15)18/h1-2,8H,3H2,(H2,15,18)(H,19,20)(H2,16,17,21)/t8-/m0/s1. The Morgan fingerprint density at radius 2 is 1.71 bits per heavy atom. The highest BCUT2D eigenvalue weighted by molar-refractivity contribution is 5.93. The van der Waals surface area contributed by atoms with Gasteiger partial charge in [0.2, 0.25) is 5.91 Å². The van der Waals surface area contributed by atoms with E-state index in [1.165, 1.54) is 0 Å². The number of carboxylic acids is 1. The fraction of sp³-hybridized carbons (Fsp3) is 0.182. The van der Waals surface area contributed by atoms with Crippen LogP contribution in [0.3, 0.4) is 0 Å². The zero-order chi connectivity index (χ0) is 16.2. The van der Waals surface area contributed by atoms with Crippen LogP contribution >= 0.6 is 0 Å². The highest BCUT2D eigenvalue weighted by Crippen LogP contribution is 2.18. The fourth-order valence-corrected chi connectivity index (χ4v) is 1.34. The maximum atomic E-state index is 13.3. The van der Waals surface area contributed by atoms with Crippen molar-refractivity contribution < 1.29 is 32.7 Å². The van der Waals surface area contributed by atoms with Crippen molar-refractivity contribution in [3.63, 3.8) is 0 Å². The Morgan fingerprint density at radius 1 is 1.14 bits per heavy atom. The molecule has 0 heterocycles. The van der Waals surface area contributed by atoms with E-state index < -0.39 is 53.5 Å². The van der Waals surface area contributed by atoms with Crippen LogP contribution in [-0.2, 0) is 9.59 Å². The minimum atomic E-state index is -1.64. The van der Waals surface area contributed by atoms with Crippen molar-refractivity contribution in [3.8, 4) is 0 Å². The molecule has 1 rings (SSSR count). The van der Waals surface area contributed by atoms with Crippen LogP contribution in [0, 0.1) is 17.5 Å². The number of urea groups is 1. The van der Waals surface area contributed by atoms with E-state index >= 15 is 0 Å². The molecule has 0 aliphatic rings. The number of hydrogen-bond acceptors (Lipinski definition) is 3. The van der Waals surface area contributed by atoms with Crippen molar-refractivity contribution in [3.05, 3.63) is 29.6 Å². The third-order valence-corrected chi connectivity index (χ3v) is 2.27. The van der Waals surface area contributed by atoms with E-state index in [2.05, 4.69) is 0 Å². The molecule has 0 spiro atoms. The van der Waals surface area contributed by atoms with Gasteiger partial charge >= 0.3 is 12.0 Å². The molecule has 0 saturated carbocycles. The first-order valence-corrected chi connectivity index (χ1v) is 5.44. The first kappa shape index (κ1) is 16.3. The number of nitrogens with one attached hydrogen (secondary N) is 2. The number of amides is 3. The number of rotatable bonds is 5. The number of carbonyl (C=O) groups is 3. The molecular weight excluding hydrogens is 295 g/mol. The minimum Gasteiger partial charge on any atom is -0.480 e. The average Bonchev–Trinajstić information content (AvgIpc) is 2.34. The summed E-state index contributed by atoms with van der Waals surface area (Å²) < 4.78 is 38.8. The first-order valence-electron chi connectivity index (χ1n) is 5.44. The topological polar surface area (TPSA) is 122 Å². The second-order valence-corrected chi connectivity index (χ2v) is 3.91. The molecule has 0 aliphatic carbocycles. The Hall–Kier alpha value is -2.78. The number of aliphatic carboxylic acids is 1. The Morgan fingerprint density at radius 3 is 2.24 bits per heavy atom. The number of nitrogens with two attached hydrogens (primary N) is 1. The summed E-state index contributed by atoms with van der Waals surface area (Å²) in [6.07, 6.45) is -0.691. The molecule has 3 amide bonds. The van der Waals surface area contributed by atoms with Crippen molar-refractivity contribution in [2.24, 2.45) is 5.73 Å². The molecule has 0 unspecified atom stereocenters. The number of anilines is 1. The lowest BCUT2D eigenvalue weighted by atomic mass is 10.2. The van der Waals surface area contributed by atoms with Gasteiger partial charge in [0, 0.05) is 12.1 Å². The largest absolute Gasteiger partial charge is 0.480 e. The number of carboxylic acid groups (broad SMARTS) is 1. The third-order valence-electron chi connectivity index (χ3n) is 2.27. The van der Waals surface area contributed by atoms with Gasteiger partial charge in [-0.25, -0.2) is 22.8 Å². The Bertz CT molecular complexity index is 594. The number of carbonyl (C=O) groups excluding carboxylic acids is 2. The highest BCUT2D eigenvalue weighted by Gasteiger charge is 2.22. The molecule has 0 fully saturated rings. The normalized spacial score (nSPS) is 11.6. The molecule has 5 N–H and O–H groups in total. The molecule has 10 heteroatoms. The van der Waals surface area contributed by atoms with Gasteiger partial charge in [-0.05, 0) is 0 Å². The lowest BCUT2D eigenvalue weighted by Crippen LogP contribution is -2.45. The van der Waals surface area contributed by atoms with E-state index in [4.69, 9.17) is 10.8 Å². The van der Waals surface area contributed by atoms with Gasteiger partial charge in [0.1, 0.15) is 11.9 Å². The van der Waals surface area contributed by atoms with Gasteiger partial charge in [0.25, 0.3) is 0 Å². The lowest BCUT2D eigenvalue weighted by molar-refractivity contribution is -0.140. The monoisotopic (exact) mass is 305 g/mol. The summed E-state index contributed by atoms with van der Waals surface area (Å²) in [5.41, 5.74) is 4.10. The van der Waals surface area contributed by atoms with Crippen LogP contribution < -0.4 is 16.4 Å². The van der Waals surface area contributed by atoms with Crippen molar-refractivity contribution in [2.45, 2.75) is 12.5 Å². The molecule has 0 saturated heterocycles. The van der Waals surface area contributed by atoms with E-state index in [0.29, 0.717) is 6.07 Å². The van der Waals surface area contributed by atoms with Crippen LogP contribution in [0.1, 0.15) is 6.42 Å². The van der Waals surface area contributed by atoms with Crippen molar-refractivity contribution in [1.82, 2.24) is 5.32 Å². The van der Waals surface area contributed by atoms with Gasteiger partial charge in [0.05, 0.1) is 12.1 Å². The van der Waals surface area contributed by atoms with Crippen LogP contribution in [0.2, 0.25) is 0 Å². The van der Waals surface area contributed by atoms with E-state index in [9.17, 15) is 27.6 Å². The zero-order valence-corrected chi connectivity index (χ0v) is 10.3. The molecule has 7 nitrogen and oxygen atoms in total. The number of hydrogen-bond donors (Lipinski definition) is 4. The minimum absolute atomic E-state index is 0.211. The number of halogens is 3. The van der Waals surface area contributed by atoms with Gasteiger partial charge in [-0.2, -0.15) is 0 Å². The van der Waals surface area contributed by atoms with Gasteiger partial charge < -0.3 is 21.5 Å². The molecule has 114 valence electrons. The highest BCUT2D eigenvalue weighted by atomic mass is 19.2. The molecule has 0 bridgehead atoms. The SMILES string of the molecule is NC(=O)C[C@H](NC(=O)Nc1cc(F)c(F)cc1F)C(=O)O. The van der Waals surface area contributed by atoms with Gasteiger partial charge in [-0.15, -0.1) is 0 Å². The van der Waals surface area contributed by atoms with Crippen LogP contribution in [-0.4, -0.2) is 29.1 Å². The Balaban J connectivity index is 2.79. The van der Waals surface area contributed by atoms with Crippen LogP contribution in [0.25, 0.3) is 0 Å². The third kappa shape index (κ3) is 4.67. The maximum absolute atomic E-state index is 13.3. The predicted molar refractivity (Wildman–Crippen MR) is 63.7 cm³/mol. The average molecular weight is 305 g/mol. The maximum Gasteiger partial charge on any atom is 0.326 e. The van der Waals surface area contributed by atoms with Crippen molar-refractivity contribution in [2.75, 3.05) is 5.32 Å². The second kappa shape index (κ2) is 6.59. The Kier molecular flexibility index (Phi) is 5.11. The van der Waals surface area contributed by atoms with Gasteiger partial charge in [0.15, 0.2) is 11.6 Å². The molecule has 1 aromatic rings. The van der Waals surface area contributed by atoms with Crippen LogP contribution in [0.4, 0.5) is 23.7 Å². The summed E-state index contributed by atoms with van der Waals surface area (Å²) in [6, 6.07) is -2.28. The summed E-state index contributed by atoms with van der Waals surface area (Å²) in [7, 11) is 0. The summed E-state index contributed by atoms with van der Waals surface area (Å²) in [5, 5.41) is 12.4. The van der Waals surface area contributed by atoms with Crippen LogP contribution in [0.5, 0.6) is 0 Å². The van der Waals surface area contributed by atoms with Crippen molar-refractivity contribution >= 4 is 23.6 Å². The molecule has 0 aromatic heterocycles. The van der Waals surface area contributed by atoms with Crippen LogP contribution in [0.15, 0.2) is 12.1 Å². The van der Waals surface area contributed by atoms with E-state index in [1.807, 2.05) is 5.32 Å². The smallest absolute Gasteiger partial charge is 0.326 e. The molecule has 21 heavy (non-hydrogen) atoms. The van der Waals surface area contributed by atoms with E-state index in [1.54, 1.807) is 5.32 Å². The summed E-state index contributed by atoms with van der Waals surface area (Å²) >= 11 is 0. The van der Waals surface area contributed by atoms with Crippen molar-refractivity contribution in [1.29, 1.82) is 0 Å². The molecular formula is C11H10F3N3O4. The lowest BCUT2D eigenvalue weighted by Gasteiger charge is -2.14.